The molecule has 0 spiro atoms. The van der Waals surface area contributed by atoms with Gasteiger partial charge in [-0.25, -0.2) is 0 Å². The van der Waals surface area contributed by atoms with Gasteiger partial charge in [0.25, 0.3) is 5.91 Å². The fourth-order valence-corrected chi connectivity index (χ4v) is 2.57. The maximum Gasteiger partial charge on any atom is 0.251 e. The van der Waals surface area contributed by atoms with Gasteiger partial charge in [0.2, 0.25) is 5.91 Å². The minimum Gasteiger partial charge on any atom is -0.489 e. The zero-order chi connectivity index (χ0) is 19.8. The Labute approximate surface area is 168 Å². The Kier molecular flexibility index (Phi) is 6.65. The second-order valence-corrected chi connectivity index (χ2v) is 6.47. The Morgan fingerprint density at radius 3 is 2.21 bits per heavy atom. The van der Waals surface area contributed by atoms with E-state index in [0.29, 0.717) is 28.6 Å². The molecule has 0 aliphatic rings. The van der Waals surface area contributed by atoms with E-state index in [4.69, 9.17) is 16.3 Å². The van der Waals surface area contributed by atoms with Crippen molar-refractivity contribution in [1.82, 2.24) is 5.32 Å². The highest BCUT2D eigenvalue weighted by molar-refractivity contribution is 6.30. The first-order chi connectivity index (χ1) is 13.6. The Balaban J connectivity index is 1.46. The highest BCUT2D eigenvalue weighted by Gasteiger charge is 2.09. The number of rotatable bonds is 7. The van der Waals surface area contributed by atoms with Gasteiger partial charge >= 0.3 is 0 Å². The minimum atomic E-state index is -0.333. The number of anilines is 1. The van der Waals surface area contributed by atoms with Gasteiger partial charge in [-0.2, -0.15) is 0 Å². The van der Waals surface area contributed by atoms with Gasteiger partial charge in [-0.1, -0.05) is 41.9 Å². The molecule has 3 rings (SSSR count). The summed E-state index contributed by atoms with van der Waals surface area (Å²) in [5, 5.41) is 5.86. The van der Waals surface area contributed by atoms with Crippen LogP contribution in [0.2, 0.25) is 5.02 Å². The first-order valence-corrected chi connectivity index (χ1v) is 9.08. The van der Waals surface area contributed by atoms with Crippen LogP contribution in [0, 0.1) is 0 Å². The lowest BCUT2D eigenvalue weighted by molar-refractivity contribution is -0.115. The molecule has 0 aliphatic carbocycles. The molecule has 2 N–H and O–H groups in total. The van der Waals surface area contributed by atoms with Gasteiger partial charge < -0.3 is 15.4 Å². The van der Waals surface area contributed by atoms with Crippen molar-refractivity contribution in [3.8, 4) is 5.75 Å². The number of benzene rings is 3. The van der Waals surface area contributed by atoms with Crippen molar-refractivity contribution in [3.05, 3.63) is 95.0 Å². The summed E-state index contributed by atoms with van der Waals surface area (Å²) in [6.45, 7) is 0.324. The molecule has 0 fully saturated rings. The second kappa shape index (κ2) is 9.58. The Hall–Kier alpha value is -3.31. The van der Waals surface area contributed by atoms with Crippen LogP contribution in [0.25, 0.3) is 0 Å². The van der Waals surface area contributed by atoms with E-state index in [1.165, 1.54) is 0 Å². The number of carbonyl (C=O) groups excluding carboxylic acids is 2. The van der Waals surface area contributed by atoms with Gasteiger partial charge in [0, 0.05) is 16.3 Å². The molecule has 0 aromatic heterocycles. The Bertz CT molecular complexity index is 926. The van der Waals surface area contributed by atoms with Crippen LogP contribution in [0.4, 0.5) is 5.69 Å². The average molecular weight is 395 g/mol. The van der Waals surface area contributed by atoms with E-state index < -0.39 is 0 Å². The molecule has 0 atom stereocenters. The summed E-state index contributed by atoms with van der Waals surface area (Å²) in [5.41, 5.74) is 2.13. The molecule has 0 radical (unpaired) electrons. The molecule has 2 amide bonds. The zero-order valence-electron chi connectivity index (χ0n) is 15.0. The van der Waals surface area contributed by atoms with E-state index >= 15 is 0 Å². The van der Waals surface area contributed by atoms with Crippen LogP contribution in [0.15, 0.2) is 78.9 Å². The normalized spacial score (nSPS) is 10.2. The van der Waals surface area contributed by atoms with E-state index in [-0.39, 0.29) is 18.4 Å². The van der Waals surface area contributed by atoms with Crippen molar-refractivity contribution in [2.24, 2.45) is 0 Å². The number of amides is 2. The van der Waals surface area contributed by atoms with Crippen molar-refractivity contribution >= 4 is 29.1 Å². The van der Waals surface area contributed by atoms with Crippen LogP contribution in [-0.4, -0.2) is 18.4 Å². The summed E-state index contributed by atoms with van der Waals surface area (Å²) in [6, 6.07) is 23.3. The molecule has 0 heterocycles. The summed E-state index contributed by atoms with van der Waals surface area (Å²) in [6.07, 6.45) is 0. The lowest BCUT2D eigenvalue weighted by Gasteiger charge is -2.09. The third-order valence-corrected chi connectivity index (χ3v) is 4.15. The molecule has 5 nitrogen and oxygen atoms in total. The summed E-state index contributed by atoms with van der Waals surface area (Å²) in [5.74, 6) is 0.0141. The lowest BCUT2D eigenvalue weighted by atomic mass is 10.2. The van der Waals surface area contributed by atoms with Gasteiger partial charge in [0.05, 0.1) is 6.54 Å². The number of ether oxygens (including phenoxy) is 1. The molecule has 0 bridgehead atoms. The Morgan fingerprint density at radius 2 is 1.54 bits per heavy atom. The third-order valence-electron chi connectivity index (χ3n) is 3.90. The number of hydrogen-bond acceptors (Lipinski definition) is 3. The first-order valence-electron chi connectivity index (χ1n) is 8.70. The monoisotopic (exact) mass is 394 g/mol. The molecule has 142 valence electrons. The van der Waals surface area contributed by atoms with E-state index in [0.717, 1.165) is 5.56 Å². The molecular weight excluding hydrogens is 376 g/mol. The molecule has 6 heteroatoms. The molecular formula is C22H19ClN2O3. The smallest absolute Gasteiger partial charge is 0.251 e. The van der Waals surface area contributed by atoms with Gasteiger partial charge in [0.1, 0.15) is 12.4 Å². The van der Waals surface area contributed by atoms with Crippen molar-refractivity contribution in [1.29, 1.82) is 0 Å². The topological polar surface area (TPSA) is 67.4 Å². The summed E-state index contributed by atoms with van der Waals surface area (Å²) in [4.78, 5) is 24.1. The quantitative estimate of drug-likeness (QED) is 0.628. The summed E-state index contributed by atoms with van der Waals surface area (Å²) in [7, 11) is 0. The van der Waals surface area contributed by atoms with Crippen molar-refractivity contribution in [3.63, 3.8) is 0 Å². The predicted octanol–water partition coefficient (Wildman–Crippen LogP) is 4.29. The van der Waals surface area contributed by atoms with Crippen LogP contribution >= 0.6 is 11.6 Å². The van der Waals surface area contributed by atoms with Crippen molar-refractivity contribution in [2.45, 2.75) is 6.61 Å². The van der Waals surface area contributed by atoms with E-state index in [1.54, 1.807) is 48.5 Å². The number of carbonyl (C=O) groups is 2. The van der Waals surface area contributed by atoms with Gasteiger partial charge in [-0.3, -0.25) is 9.59 Å². The summed E-state index contributed by atoms with van der Waals surface area (Å²) < 4.78 is 5.69. The van der Waals surface area contributed by atoms with Gasteiger partial charge in [0.15, 0.2) is 0 Å². The number of halogens is 1. The van der Waals surface area contributed by atoms with Crippen molar-refractivity contribution < 1.29 is 14.3 Å². The van der Waals surface area contributed by atoms with Crippen LogP contribution in [0.5, 0.6) is 5.75 Å². The first kappa shape index (κ1) is 19.5. The van der Waals surface area contributed by atoms with E-state index in [2.05, 4.69) is 10.6 Å². The predicted molar refractivity (Wildman–Crippen MR) is 110 cm³/mol. The van der Waals surface area contributed by atoms with E-state index in [9.17, 15) is 9.59 Å². The van der Waals surface area contributed by atoms with Crippen LogP contribution in [0.3, 0.4) is 0 Å². The fraction of sp³-hybridized carbons (Fsp3) is 0.0909. The molecule has 0 aliphatic heterocycles. The van der Waals surface area contributed by atoms with Gasteiger partial charge in [-0.15, -0.1) is 0 Å². The van der Waals surface area contributed by atoms with Crippen LogP contribution < -0.4 is 15.4 Å². The average Bonchev–Trinajstić information content (AvgIpc) is 2.73. The standard InChI is InChI=1S/C22H19ClN2O3/c23-18-8-10-19(11-9-18)25-21(26)14-24-22(27)17-6-12-20(13-7-17)28-15-16-4-2-1-3-5-16/h1-13H,14-15H2,(H,24,27)(H,25,26). The van der Waals surface area contributed by atoms with E-state index in [1.807, 2.05) is 30.3 Å². The number of nitrogens with one attached hydrogen (secondary N) is 2. The molecule has 28 heavy (non-hydrogen) atoms. The lowest BCUT2D eigenvalue weighted by Crippen LogP contribution is -2.32. The maximum absolute atomic E-state index is 12.2. The highest BCUT2D eigenvalue weighted by atomic mass is 35.5. The van der Waals surface area contributed by atoms with Crippen LogP contribution in [0.1, 0.15) is 15.9 Å². The number of hydrogen-bond donors (Lipinski definition) is 2. The third kappa shape index (κ3) is 5.86. The molecule has 3 aromatic rings. The maximum atomic E-state index is 12.2. The second-order valence-electron chi connectivity index (χ2n) is 6.04. The van der Waals surface area contributed by atoms with Crippen molar-refractivity contribution in [2.75, 3.05) is 11.9 Å². The van der Waals surface area contributed by atoms with Crippen LogP contribution in [-0.2, 0) is 11.4 Å². The molecule has 0 unspecified atom stereocenters. The van der Waals surface area contributed by atoms with Gasteiger partial charge in [-0.05, 0) is 54.1 Å². The minimum absolute atomic E-state index is 0.131. The largest absolute Gasteiger partial charge is 0.489 e. The fourth-order valence-electron chi connectivity index (χ4n) is 2.44. The molecule has 3 aromatic carbocycles. The highest BCUT2D eigenvalue weighted by Crippen LogP contribution is 2.15. The molecule has 0 saturated heterocycles. The SMILES string of the molecule is O=C(CNC(=O)c1ccc(OCc2ccccc2)cc1)Nc1ccc(Cl)cc1. The Morgan fingerprint density at radius 1 is 0.857 bits per heavy atom. The zero-order valence-corrected chi connectivity index (χ0v) is 15.8. The summed E-state index contributed by atoms with van der Waals surface area (Å²) >= 11 is 5.80. The molecule has 0 saturated carbocycles.